The standard InChI is InChI=1S/C22H30N2O4/c25-20(11-8-17-4-2-1-3-5-17)23-12-14-24(15-13-23)21(26)16-18-6-9-19(10-7-18)22(27)28/h1-5,18-19H,6-16H2,(H,27,28). The number of hydrogen-bond acceptors (Lipinski definition) is 3. The van der Waals surface area contributed by atoms with Crippen LogP contribution in [0.2, 0.25) is 0 Å². The van der Waals surface area contributed by atoms with Crippen LogP contribution in [0.5, 0.6) is 0 Å². The highest BCUT2D eigenvalue weighted by molar-refractivity contribution is 5.79. The van der Waals surface area contributed by atoms with E-state index >= 15 is 0 Å². The van der Waals surface area contributed by atoms with Crippen LogP contribution in [0.25, 0.3) is 0 Å². The van der Waals surface area contributed by atoms with Gasteiger partial charge >= 0.3 is 5.97 Å². The zero-order valence-electron chi connectivity index (χ0n) is 16.4. The average molecular weight is 386 g/mol. The van der Waals surface area contributed by atoms with E-state index in [0.717, 1.165) is 19.3 Å². The first kappa shape index (κ1) is 20.4. The van der Waals surface area contributed by atoms with Crippen LogP contribution in [-0.4, -0.2) is 58.9 Å². The van der Waals surface area contributed by atoms with E-state index in [1.165, 1.54) is 5.56 Å². The maximum Gasteiger partial charge on any atom is 0.306 e. The number of carbonyl (C=O) groups excluding carboxylic acids is 2. The highest BCUT2D eigenvalue weighted by Gasteiger charge is 2.29. The van der Waals surface area contributed by atoms with Gasteiger partial charge in [0.2, 0.25) is 11.8 Å². The van der Waals surface area contributed by atoms with Gasteiger partial charge in [-0.1, -0.05) is 30.3 Å². The summed E-state index contributed by atoms with van der Waals surface area (Å²) < 4.78 is 0. The van der Waals surface area contributed by atoms with Gasteiger partial charge in [0, 0.05) is 39.0 Å². The first-order valence-electron chi connectivity index (χ1n) is 10.3. The number of piperazine rings is 1. The average Bonchev–Trinajstić information content (AvgIpc) is 2.73. The molecular weight excluding hydrogens is 356 g/mol. The normalized spacial score (nSPS) is 22.7. The fraction of sp³-hybridized carbons (Fsp3) is 0.591. The summed E-state index contributed by atoms with van der Waals surface area (Å²) in [6, 6.07) is 10.0. The lowest BCUT2D eigenvalue weighted by atomic mass is 9.80. The molecule has 2 fully saturated rings. The Morgan fingerprint density at radius 2 is 1.43 bits per heavy atom. The second-order valence-corrected chi connectivity index (χ2v) is 8.01. The molecule has 0 atom stereocenters. The van der Waals surface area contributed by atoms with Crippen molar-refractivity contribution < 1.29 is 19.5 Å². The third kappa shape index (κ3) is 5.57. The number of carboxylic acids is 1. The third-order valence-corrected chi connectivity index (χ3v) is 6.11. The van der Waals surface area contributed by atoms with Gasteiger partial charge in [-0.25, -0.2) is 0 Å². The van der Waals surface area contributed by atoms with E-state index in [4.69, 9.17) is 5.11 Å². The first-order chi connectivity index (χ1) is 13.5. The molecule has 1 aromatic carbocycles. The Labute approximate surface area is 166 Å². The van der Waals surface area contributed by atoms with E-state index in [1.807, 2.05) is 40.1 Å². The van der Waals surface area contributed by atoms with Gasteiger partial charge in [0.15, 0.2) is 0 Å². The van der Waals surface area contributed by atoms with E-state index in [0.29, 0.717) is 57.8 Å². The Hall–Kier alpha value is -2.37. The molecule has 28 heavy (non-hydrogen) atoms. The van der Waals surface area contributed by atoms with Crippen molar-refractivity contribution in [2.75, 3.05) is 26.2 Å². The molecule has 1 aliphatic heterocycles. The second kappa shape index (κ2) is 9.71. The third-order valence-electron chi connectivity index (χ3n) is 6.11. The van der Waals surface area contributed by atoms with Crippen LogP contribution in [0.4, 0.5) is 0 Å². The van der Waals surface area contributed by atoms with Crippen molar-refractivity contribution in [3.05, 3.63) is 35.9 Å². The number of rotatable bonds is 6. The molecule has 1 aliphatic carbocycles. The molecular formula is C22H30N2O4. The highest BCUT2D eigenvalue weighted by Crippen LogP contribution is 2.31. The molecule has 3 rings (SSSR count). The van der Waals surface area contributed by atoms with E-state index < -0.39 is 5.97 Å². The van der Waals surface area contributed by atoms with Gasteiger partial charge in [-0.15, -0.1) is 0 Å². The summed E-state index contributed by atoms with van der Waals surface area (Å²) in [6.07, 6.45) is 4.76. The number of amides is 2. The van der Waals surface area contributed by atoms with Gasteiger partial charge in [0.25, 0.3) is 0 Å². The Kier molecular flexibility index (Phi) is 7.06. The van der Waals surface area contributed by atoms with Crippen LogP contribution in [0, 0.1) is 11.8 Å². The van der Waals surface area contributed by atoms with Crippen molar-refractivity contribution in [2.24, 2.45) is 11.8 Å². The summed E-state index contributed by atoms with van der Waals surface area (Å²) in [6.45, 7) is 2.40. The van der Waals surface area contributed by atoms with Crippen LogP contribution < -0.4 is 0 Å². The van der Waals surface area contributed by atoms with Crippen molar-refractivity contribution in [3.63, 3.8) is 0 Å². The fourth-order valence-electron chi connectivity index (χ4n) is 4.25. The lowest BCUT2D eigenvalue weighted by molar-refractivity contribution is -0.143. The van der Waals surface area contributed by atoms with Crippen molar-refractivity contribution >= 4 is 17.8 Å². The van der Waals surface area contributed by atoms with Crippen LogP contribution in [-0.2, 0) is 20.8 Å². The molecule has 1 saturated heterocycles. The largest absolute Gasteiger partial charge is 0.481 e. The molecule has 1 saturated carbocycles. The predicted molar refractivity (Wildman–Crippen MR) is 106 cm³/mol. The summed E-state index contributed by atoms with van der Waals surface area (Å²) in [5.74, 6) is -0.346. The van der Waals surface area contributed by atoms with Gasteiger partial charge in [-0.3, -0.25) is 14.4 Å². The Morgan fingerprint density at radius 3 is 2.00 bits per heavy atom. The number of carbonyl (C=O) groups is 3. The monoisotopic (exact) mass is 386 g/mol. The van der Waals surface area contributed by atoms with Crippen molar-refractivity contribution in [1.29, 1.82) is 0 Å². The Morgan fingerprint density at radius 1 is 0.857 bits per heavy atom. The molecule has 2 amide bonds. The second-order valence-electron chi connectivity index (χ2n) is 8.01. The van der Waals surface area contributed by atoms with E-state index in [9.17, 15) is 14.4 Å². The maximum atomic E-state index is 12.6. The van der Waals surface area contributed by atoms with Crippen LogP contribution in [0.3, 0.4) is 0 Å². The van der Waals surface area contributed by atoms with Crippen LogP contribution in [0.1, 0.15) is 44.1 Å². The summed E-state index contributed by atoms with van der Waals surface area (Å²) in [5.41, 5.74) is 1.17. The Balaban J connectivity index is 1.37. The molecule has 2 aliphatic rings. The summed E-state index contributed by atoms with van der Waals surface area (Å²) in [4.78, 5) is 39.8. The number of aryl methyl sites for hydroxylation is 1. The molecule has 1 N–H and O–H groups in total. The minimum absolute atomic E-state index is 0.148. The van der Waals surface area contributed by atoms with Crippen LogP contribution >= 0.6 is 0 Å². The van der Waals surface area contributed by atoms with Crippen molar-refractivity contribution in [2.45, 2.75) is 44.9 Å². The molecule has 6 heteroatoms. The number of aliphatic carboxylic acids is 1. The molecule has 1 aromatic rings. The summed E-state index contributed by atoms with van der Waals surface area (Å²) in [7, 11) is 0. The summed E-state index contributed by atoms with van der Waals surface area (Å²) >= 11 is 0. The SMILES string of the molecule is O=C(O)C1CCC(CC(=O)N2CCN(C(=O)CCc3ccccc3)CC2)CC1. The zero-order valence-corrected chi connectivity index (χ0v) is 16.4. The van der Waals surface area contributed by atoms with Gasteiger partial charge < -0.3 is 14.9 Å². The molecule has 6 nitrogen and oxygen atoms in total. The topological polar surface area (TPSA) is 77.9 Å². The fourth-order valence-corrected chi connectivity index (χ4v) is 4.25. The van der Waals surface area contributed by atoms with E-state index in [1.54, 1.807) is 0 Å². The van der Waals surface area contributed by atoms with Crippen molar-refractivity contribution in [1.82, 2.24) is 9.80 Å². The van der Waals surface area contributed by atoms with E-state index in [2.05, 4.69) is 0 Å². The molecule has 0 radical (unpaired) electrons. The summed E-state index contributed by atoms with van der Waals surface area (Å²) in [5, 5.41) is 9.08. The quantitative estimate of drug-likeness (QED) is 0.815. The predicted octanol–water partition coefficient (Wildman–Crippen LogP) is 2.57. The smallest absolute Gasteiger partial charge is 0.306 e. The number of nitrogens with zero attached hydrogens (tertiary/aromatic N) is 2. The lowest BCUT2D eigenvalue weighted by Crippen LogP contribution is -2.51. The highest BCUT2D eigenvalue weighted by atomic mass is 16.4. The molecule has 1 heterocycles. The molecule has 0 unspecified atom stereocenters. The first-order valence-corrected chi connectivity index (χ1v) is 10.3. The lowest BCUT2D eigenvalue weighted by Gasteiger charge is -2.36. The number of hydrogen-bond donors (Lipinski definition) is 1. The van der Waals surface area contributed by atoms with Gasteiger partial charge in [0.1, 0.15) is 0 Å². The van der Waals surface area contributed by atoms with Crippen molar-refractivity contribution in [3.8, 4) is 0 Å². The van der Waals surface area contributed by atoms with Crippen LogP contribution in [0.15, 0.2) is 30.3 Å². The number of carboxylic acid groups (broad SMARTS) is 1. The van der Waals surface area contributed by atoms with Gasteiger partial charge in [-0.2, -0.15) is 0 Å². The van der Waals surface area contributed by atoms with Gasteiger partial charge in [-0.05, 0) is 43.6 Å². The van der Waals surface area contributed by atoms with E-state index in [-0.39, 0.29) is 17.7 Å². The molecule has 0 aromatic heterocycles. The molecule has 0 bridgehead atoms. The maximum absolute atomic E-state index is 12.6. The number of benzene rings is 1. The molecule has 0 spiro atoms. The molecule has 152 valence electrons. The minimum atomic E-state index is -0.710. The zero-order chi connectivity index (χ0) is 19.9. The Bertz CT molecular complexity index is 675. The van der Waals surface area contributed by atoms with Gasteiger partial charge in [0.05, 0.1) is 5.92 Å². The minimum Gasteiger partial charge on any atom is -0.481 e.